The summed E-state index contributed by atoms with van der Waals surface area (Å²) in [6.45, 7) is 5.84. The molecular formula is C16H14Br2N2O2S. The Labute approximate surface area is 151 Å². The minimum absolute atomic E-state index is 0.201. The van der Waals surface area contributed by atoms with Gasteiger partial charge in [-0.25, -0.2) is 17.4 Å². The Hall–Kier alpha value is -1.18. The quantitative estimate of drug-likeness (QED) is 0.559. The highest BCUT2D eigenvalue weighted by Gasteiger charge is 2.23. The molecule has 1 aromatic heterocycles. The van der Waals surface area contributed by atoms with Gasteiger partial charge in [-0.3, -0.25) is 0 Å². The maximum Gasteiger partial charge on any atom is 0.270 e. The van der Waals surface area contributed by atoms with E-state index in [0.29, 0.717) is 15.5 Å². The molecule has 120 valence electrons. The summed E-state index contributed by atoms with van der Waals surface area (Å²) in [5.41, 5.74) is 4.31. The number of nitrogens with zero attached hydrogens (tertiary/aromatic N) is 2. The number of imidazole rings is 1. The van der Waals surface area contributed by atoms with Gasteiger partial charge in [0.2, 0.25) is 0 Å². The predicted molar refractivity (Wildman–Crippen MR) is 98.4 cm³/mol. The van der Waals surface area contributed by atoms with Crippen LogP contribution in [0.15, 0.2) is 44.4 Å². The first-order chi connectivity index (χ1) is 10.7. The minimum atomic E-state index is -3.74. The Bertz CT molecular complexity index is 1040. The maximum absolute atomic E-state index is 13.1. The average Bonchev–Trinajstić information content (AvgIpc) is 2.86. The molecule has 0 fully saturated rings. The van der Waals surface area contributed by atoms with E-state index < -0.39 is 10.0 Å². The van der Waals surface area contributed by atoms with Gasteiger partial charge in [-0.2, -0.15) is 0 Å². The van der Waals surface area contributed by atoms with Crippen LogP contribution < -0.4 is 0 Å². The van der Waals surface area contributed by atoms with Gasteiger partial charge in [0.25, 0.3) is 10.0 Å². The Kier molecular flexibility index (Phi) is 4.14. The van der Waals surface area contributed by atoms with Gasteiger partial charge >= 0.3 is 0 Å². The molecule has 0 radical (unpaired) electrons. The number of hydrogen-bond donors (Lipinski definition) is 0. The van der Waals surface area contributed by atoms with Crippen molar-refractivity contribution in [2.45, 2.75) is 25.7 Å². The molecule has 0 atom stereocenters. The lowest BCUT2D eigenvalue weighted by molar-refractivity contribution is 0.588. The van der Waals surface area contributed by atoms with Crippen LogP contribution in [-0.2, 0) is 10.0 Å². The molecule has 0 bridgehead atoms. The third-order valence-electron chi connectivity index (χ3n) is 3.88. The van der Waals surface area contributed by atoms with E-state index in [-0.39, 0.29) is 4.90 Å². The first-order valence-corrected chi connectivity index (χ1v) is 9.90. The molecule has 0 spiro atoms. The Morgan fingerprint density at radius 2 is 1.57 bits per heavy atom. The Morgan fingerprint density at radius 1 is 0.913 bits per heavy atom. The van der Waals surface area contributed by atoms with E-state index in [1.165, 1.54) is 10.3 Å². The van der Waals surface area contributed by atoms with Crippen molar-refractivity contribution in [3.8, 4) is 0 Å². The second-order valence-corrected chi connectivity index (χ2v) is 8.99. The predicted octanol–water partition coefficient (Wildman–Crippen LogP) is 4.72. The summed E-state index contributed by atoms with van der Waals surface area (Å²) >= 11 is 6.76. The number of rotatable bonds is 2. The highest BCUT2D eigenvalue weighted by molar-refractivity contribution is 9.11. The number of benzene rings is 2. The zero-order valence-corrected chi connectivity index (χ0v) is 16.8. The van der Waals surface area contributed by atoms with Gasteiger partial charge in [-0.05, 0) is 77.7 Å². The lowest BCUT2D eigenvalue weighted by Crippen LogP contribution is -2.13. The summed E-state index contributed by atoms with van der Waals surface area (Å²) in [6.07, 6.45) is 1.36. The summed E-state index contributed by atoms with van der Waals surface area (Å²) in [6, 6.07) is 7.15. The van der Waals surface area contributed by atoms with Crippen molar-refractivity contribution in [3.63, 3.8) is 0 Å². The molecule has 0 aliphatic carbocycles. The lowest BCUT2D eigenvalue weighted by atomic mass is 10.1. The summed E-state index contributed by atoms with van der Waals surface area (Å²) in [7, 11) is -3.74. The smallest absolute Gasteiger partial charge is 0.236 e. The van der Waals surface area contributed by atoms with Gasteiger partial charge < -0.3 is 0 Å². The van der Waals surface area contributed by atoms with Crippen LogP contribution in [0.4, 0.5) is 0 Å². The summed E-state index contributed by atoms with van der Waals surface area (Å²) < 4.78 is 28.6. The molecule has 23 heavy (non-hydrogen) atoms. The molecular weight excluding hydrogens is 444 g/mol. The number of hydrogen-bond acceptors (Lipinski definition) is 3. The van der Waals surface area contributed by atoms with E-state index >= 15 is 0 Å². The molecule has 1 heterocycles. The number of aryl methyl sites for hydroxylation is 3. The molecule has 3 aromatic rings. The fourth-order valence-corrected chi connectivity index (χ4v) is 5.29. The van der Waals surface area contributed by atoms with Gasteiger partial charge in [0.15, 0.2) is 0 Å². The Morgan fingerprint density at radius 3 is 2.26 bits per heavy atom. The summed E-state index contributed by atoms with van der Waals surface area (Å²) in [4.78, 5) is 4.44. The Balaban J connectivity index is 2.29. The van der Waals surface area contributed by atoms with E-state index in [9.17, 15) is 8.42 Å². The normalized spacial score (nSPS) is 12.0. The molecule has 4 nitrogen and oxygen atoms in total. The number of aromatic nitrogens is 2. The lowest BCUT2D eigenvalue weighted by Gasteiger charge is -2.11. The van der Waals surface area contributed by atoms with Crippen LogP contribution in [0.3, 0.4) is 0 Å². The van der Waals surface area contributed by atoms with Gasteiger partial charge in [0.05, 0.1) is 11.0 Å². The highest BCUT2D eigenvalue weighted by Crippen LogP contribution is 2.31. The third kappa shape index (κ3) is 2.75. The average molecular weight is 458 g/mol. The standard InChI is InChI=1S/C16H14Br2N2O2S/c1-9-5-14-15(6-10(9)2)20(8-19-14)23(21,22)16-7-12(17)11(3)4-13(16)18/h4-8H,1-3H3. The first kappa shape index (κ1) is 16.7. The topological polar surface area (TPSA) is 52.0 Å². The second-order valence-electron chi connectivity index (χ2n) is 5.50. The molecule has 0 amide bonds. The molecule has 2 aromatic carbocycles. The van der Waals surface area contributed by atoms with Crippen molar-refractivity contribution >= 4 is 52.9 Å². The maximum atomic E-state index is 13.1. The largest absolute Gasteiger partial charge is 0.270 e. The molecule has 3 rings (SSSR count). The van der Waals surface area contributed by atoms with E-state index in [2.05, 4.69) is 36.8 Å². The fraction of sp³-hybridized carbons (Fsp3) is 0.188. The van der Waals surface area contributed by atoms with Crippen LogP contribution in [0.2, 0.25) is 0 Å². The van der Waals surface area contributed by atoms with Crippen LogP contribution in [0, 0.1) is 20.8 Å². The van der Waals surface area contributed by atoms with E-state index in [1.807, 2.05) is 32.9 Å². The van der Waals surface area contributed by atoms with Gasteiger partial charge in [-0.15, -0.1) is 0 Å². The van der Waals surface area contributed by atoms with Crippen LogP contribution >= 0.6 is 31.9 Å². The van der Waals surface area contributed by atoms with E-state index in [4.69, 9.17) is 0 Å². The van der Waals surface area contributed by atoms with Crippen molar-refractivity contribution in [1.82, 2.24) is 8.96 Å². The van der Waals surface area contributed by atoms with Crippen molar-refractivity contribution in [2.75, 3.05) is 0 Å². The molecule has 0 saturated heterocycles. The fourth-order valence-electron chi connectivity index (χ4n) is 2.37. The van der Waals surface area contributed by atoms with E-state index in [1.54, 1.807) is 12.1 Å². The zero-order chi connectivity index (χ0) is 16.9. The summed E-state index contributed by atoms with van der Waals surface area (Å²) in [5.74, 6) is 0. The first-order valence-electron chi connectivity index (χ1n) is 6.87. The second kappa shape index (κ2) is 5.72. The molecule has 0 aliphatic heterocycles. The van der Waals surface area contributed by atoms with Crippen molar-refractivity contribution in [2.24, 2.45) is 0 Å². The summed E-state index contributed by atoms with van der Waals surface area (Å²) in [5, 5.41) is 0. The SMILES string of the molecule is Cc1cc2ncn(S(=O)(=O)c3cc(Br)c(C)cc3Br)c2cc1C. The highest BCUT2D eigenvalue weighted by atomic mass is 79.9. The van der Waals surface area contributed by atoms with Crippen molar-refractivity contribution < 1.29 is 8.42 Å². The third-order valence-corrected chi connectivity index (χ3v) is 7.36. The van der Waals surface area contributed by atoms with Gasteiger partial charge in [-0.1, -0.05) is 15.9 Å². The van der Waals surface area contributed by atoms with Crippen LogP contribution in [0.1, 0.15) is 16.7 Å². The number of halogens is 2. The number of fused-ring (bicyclic) bond motifs is 1. The van der Waals surface area contributed by atoms with Crippen molar-refractivity contribution in [1.29, 1.82) is 0 Å². The van der Waals surface area contributed by atoms with Gasteiger partial charge in [0, 0.05) is 8.95 Å². The van der Waals surface area contributed by atoms with Crippen molar-refractivity contribution in [3.05, 3.63) is 56.2 Å². The van der Waals surface area contributed by atoms with Crippen LogP contribution in [0.25, 0.3) is 11.0 Å². The van der Waals surface area contributed by atoms with Crippen LogP contribution in [0.5, 0.6) is 0 Å². The molecule has 0 N–H and O–H groups in total. The zero-order valence-electron chi connectivity index (χ0n) is 12.8. The van der Waals surface area contributed by atoms with E-state index in [0.717, 1.165) is 21.2 Å². The molecule has 0 aliphatic rings. The monoisotopic (exact) mass is 456 g/mol. The molecule has 0 unspecified atom stereocenters. The van der Waals surface area contributed by atoms with Gasteiger partial charge in [0.1, 0.15) is 11.2 Å². The molecule has 0 saturated carbocycles. The van der Waals surface area contributed by atoms with Crippen LogP contribution in [-0.4, -0.2) is 17.4 Å². The minimum Gasteiger partial charge on any atom is -0.236 e. The molecule has 7 heteroatoms.